The van der Waals surface area contributed by atoms with Crippen LogP contribution < -0.4 is 10.9 Å². The van der Waals surface area contributed by atoms with Gasteiger partial charge in [-0.1, -0.05) is 6.07 Å². The minimum atomic E-state index is -0.673. The molecule has 0 atom stereocenters. The van der Waals surface area contributed by atoms with Gasteiger partial charge in [-0.05, 0) is 26.8 Å². The standard InChI is InChI=1S/C12H16F2N2O2/c1-12(2,3)18-11(17)16-15-7-8-4-5-9(13)6-10(8)14/h4-6,15H,7H2,1-3H3,(H,16,17). The summed E-state index contributed by atoms with van der Waals surface area (Å²) < 4.78 is 30.8. The van der Waals surface area contributed by atoms with Crippen LogP contribution in [0.2, 0.25) is 0 Å². The lowest BCUT2D eigenvalue weighted by Crippen LogP contribution is -2.40. The second kappa shape index (κ2) is 5.77. The largest absolute Gasteiger partial charge is 0.443 e. The topological polar surface area (TPSA) is 50.4 Å². The molecule has 18 heavy (non-hydrogen) atoms. The first-order valence-corrected chi connectivity index (χ1v) is 5.44. The number of amides is 1. The van der Waals surface area contributed by atoms with Gasteiger partial charge in [0.25, 0.3) is 0 Å². The minimum Gasteiger partial charge on any atom is -0.443 e. The molecule has 4 nitrogen and oxygen atoms in total. The van der Waals surface area contributed by atoms with E-state index in [1.807, 2.05) is 0 Å². The predicted octanol–water partition coefficient (Wildman–Crippen LogP) is 2.49. The summed E-state index contributed by atoms with van der Waals surface area (Å²) in [5, 5.41) is 0. The van der Waals surface area contributed by atoms with E-state index in [1.165, 1.54) is 6.07 Å². The van der Waals surface area contributed by atoms with Gasteiger partial charge in [0.1, 0.15) is 17.2 Å². The molecule has 0 heterocycles. The number of benzene rings is 1. The van der Waals surface area contributed by atoms with Crippen LogP contribution in [0.1, 0.15) is 26.3 Å². The van der Waals surface area contributed by atoms with Crippen LogP contribution in [0.25, 0.3) is 0 Å². The molecule has 1 rings (SSSR count). The van der Waals surface area contributed by atoms with Crippen molar-refractivity contribution in [3.05, 3.63) is 35.4 Å². The van der Waals surface area contributed by atoms with E-state index in [0.717, 1.165) is 12.1 Å². The van der Waals surface area contributed by atoms with E-state index in [2.05, 4.69) is 10.9 Å². The Morgan fingerprint density at radius 3 is 2.56 bits per heavy atom. The first-order chi connectivity index (χ1) is 8.28. The highest BCUT2D eigenvalue weighted by Gasteiger charge is 2.15. The molecule has 0 radical (unpaired) electrons. The number of rotatable bonds is 3. The van der Waals surface area contributed by atoms with E-state index in [0.29, 0.717) is 0 Å². The molecule has 0 saturated heterocycles. The van der Waals surface area contributed by atoms with Crippen molar-refractivity contribution in [3.8, 4) is 0 Å². The first-order valence-electron chi connectivity index (χ1n) is 5.44. The fourth-order valence-electron chi connectivity index (χ4n) is 1.18. The highest BCUT2D eigenvalue weighted by atomic mass is 19.1. The molecule has 0 aliphatic heterocycles. The average Bonchev–Trinajstić information content (AvgIpc) is 2.18. The Morgan fingerprint density at radius 1 is 1.33 bits per heavy atom. The summed E-state index contributed by atoms with van der Waals surface area (Å²) >= 11 is 0. The van der Waals surface area contributed by atoms with E-state index >= 15 is 0 Å². The Labute approximate surface area is 104 Å². The molecule has 0 unspecified atom stereocenters. The summed E-state index contributed by atoms with van der Waals surface area (Å²) in [7, 11) is 0. The van der Waals surface area contributed by atoms with Crippen LogP contribution in [0.5, 0.6) is 0 Å². The molecule has 2 N–H and O–H groups in total. The molecule has 1 amide bonds. The van der Waals surface area contributed by atoms with Gasteiger partial charge in [0.15, 0.2) is 0 Å². The van der Waals surface area contributed by atoms with Crippen LogP contribution in [0, 0.1) is 11.6 Å². The number of ether oxygens (including phenoxy) is 1. The Kier molecular flexibility index (Phi) is 4.61. The van der Waals surface area contributed by atoms with Crippen LogP contribution in [0.15, 0.2) is 18.2 Å². The second-order valence-corrected chi connectivity index (χ2v) is 4.72. The normalized spacial score (nSPS) is 11.2. The number of carbonyl (C=O) groups excluding carboxylic acids is 1. The Hall–Kier alpha value is -1.69. The SMILES string of the molecule is CC(C)(C)OC(=O)NNCc1ccc(F)cc1F. The Bertz CT molecular complexity index is 431. The average molecular weight is 258 g/mol. The smallest absolute Gasteiger partial charge is 0.422 e. The predicted molar refractivity (Wildman–Crippen MR) is 62.6 cm³/mol. The van der Waals surface area contributed by atoms with E-state index in [9.17, 15) is 13.6 Å². The number of hydrazine groups is 1. The highest BCUT2D eigenvalue weighted by Crippen LogP contribution is 2.09. The third-order valence-corrected chi connectivity index (χ3v) is 1.88. The fraction of sp³-hybridized carbons (Fsp3) is 0.417. The highest BCUT2D eigenvalue weighted by molar-refractivity contribution is 5.66. The molecule has 0 fully saturated rings. The summed E-state index contributed by atoms with van der Waals surface area (Å²) in [6.07, 6.45) is -0.662. The third-order valence-electron chi connectivity index (χ3n) is 1.88. The fourth-order valence-corrected chi connectivity index (χ4v) is 1.18. The maximum atomic E-state index is 13.2. The van der Waals surface area contributed by atoms with Crippen molar-refractivity contribution in [2.24, 2.45) is 0 Å². The Morgan fingerprint density at radius 2 is 2.00 bits per heavy atom. The van der Waals surface area contributed by atoms with Gasteiger partial charge >= 0.3 is 6.09 Å². The van der Waals surface area contributed by atoms with Gasteiger partial charge in [-0.3, -0.25) is 5.43 Å². The molecule has 100 valence electrons. The lowest BCUT2D eigenvalue weighted by atomic mass is 10.2. The van der Waals surface area contributed by atoms with Crippen molar-refractivity contribution in [3.63, 3.8) is 0 Å². The lowest BCUT2D eigenvalue weighted by molar-refractivity contribution is 0.0496. The zero-order valence-electron chi connectivity index (χ0n) is 10.5. The zero-order valence-corrected chi connectivity index (χ0v) is 10.5. The van der Waals surface area contributed by atoms with Gasteiger partial charge in [0.2, 0.25) is 0 Å². The van der Waals surface area contributed by atoms with Crippen LogP contribution in [-0.2, 0) is 11.3 Å². The quantitative estimate of drug-likeness (QED) is 0.819. The monoisotopic (exact) mass is 258 g/mol. The molecule has 0 aromatic heterocycles. The van der Waals surface area contributed by atoms with E-state index < -0.39 is 23.3 Å². The number of carbonyl (C=O) groups is 1. The van der Waals surface area contributed by atoms with E-state index in [4.69, 9.17) is 4.74 Å². The third kappa shape index (κ3) is 5.09. The number of nitrogens with one attached hydrogen (secondary N) is 2. The molecular formula is C12H16F2N2O2. The van der Waals surface area contributed by atoms with Crippen molar-refractivity contribution in [1.82, 2.24) is 10.9 Å². The summed E-state index contributed by atoms with van der Waals surface area (Å²) in [6, 6.07) is 3.23. The molecular weight excluding hydrogens is 242 g/mol. The van der Waals surface area contributed by atoms with Gasteiger partial charge in [-0.25, -0.2) is 19.0 Å². The molecule has 0 bridgehead atoms. The van der Waals surface area contributed by atoms with Crippen LogP contribution in [0.3, 0.4) is 0 Å². The van der Waals surface area contributed by atoms with Gasteiger partial charge < -0.3 is 4.74 Å². The van der Waals surface area contributed by atoms with E-state index in [1.54, 1.807) is 20.8 Å². The zero-order chi connectivity index (χ0) is 13.8. The first kappa shape index (κ1) is 14.4. The number of hydrogen-bond acceptors (Lipinski definition) is 3. The van der Waals surface area contributed by atoms with Crippen molar-refractivity contribution in [1.29, 1.82) is 0 Å². The van der Waals surface area contributed by atoms with Crippen molar-refractivity contribution in [2.75, 3.05) is 0 Å². The van der Waals surface area contributed by atoms with Crippen molar-refractivity contribution in [2.45, 2.75) is 32.9 Å². The molecule has 0 spiro atoms. The van der Waals surface area contributed by atoms with Crippen LogP contribution in [0.4, 0.5) is 13.6 Å². The molecule has 0 aliphatic carbocycles. The number of halogens is 2. The molecule has 1 aromatic rings. The Balaban J connectivity index is 2.40. The van der Waals surface area contributed by atoms with Gasteiger partial charge in [0, 0.05) is 18.2 Å². The minimum absolute atomic E-state index is 0.0331. The molecule has 1 aromatic carbocycles. The summed E-state index contributed by atoms with van der Waals surface area (Å²) in [4.78, 5) is 11.2. The molecule has 0 saturated carbocycles. The van der Waals surface area contributed by atoms with Crippen LogP contribution >= 0.6 is 0 Å². The van der Waals surface area contributed by atoms with E-state index in [-0.39, 0.29) is 12.1 Å². The molecule has 6 heteroatoms. The van der Waals surface area contributed by atoms with Gasteiger partial charge in [0.05, 0.1) is 0 Å². The summed E-state index contributed by atoms with van der Waals surface area (Å²) in [5.41, 5.74) is 4.39. The van der Waals surface area contributed by atoms with Gasteiger partial charge in [-0.2, -0.15) is 0 Å². The lowest BCUT2D eigenvalue weighted by Gasteiger charge is -2.19. The number of hydrogen-bond donors (Lipinski definition) is 2. The maximum Gasteiger partial charge on any atom is 0.422 e. The summed E-state index contributed by atoms with van der Waals surface area (Å²) in [5.74, 6) is -1.31. The van der Waals surface area contributed by atoms with Crippen LogP contribution in [-0.4, -0.2) is 11.7 Å². The maximum absolute atomic E-state index is 13.2. The van der Waals surface area contributed by atoms with Gasteiger partial charge in [-0.15, -0.1) is 0 Å². The molecule has 0 aliphatic rings. The van der Waals surface area contributed by atoms with Crippen molar-refractivity contribution < 1.29 is 18.3 Å². The second-order valence-electron chi connectivity index (χ2n) is 4.72. The summed E-state index contributed by atoms with van der Waals surface area (Å²) in [6.45, 7) is 5.22. The van der Waals surface area contributed by atoms with Crippen molar-refractivity contribution >= 4 is 6.09 Å².